The molecule has 0 aromatic heterocycles. The molecule has 1 aliphatic rings. The van der Waals surface area contributed by atoms with Crippen LogP contribution >= 0.6 is 15.9 Å². The Kier molecular flexibility index (Phi) is 5.68. The van der Waals surface area contributed by atoms with E-state index in [0.29, 0.717) is 25.9 Å². The van der Waals surface area contributed by atoms with Crippen LogP contribution in [0.3, 0.4) is 0 Å². The summed E-state index contributed by atoms with van der Waals surface area (Å²) in [6, 6.07) is 7.50. The predicted molar refractivity (Wildman–Crippen MR) is 93.3 cm³/mol. The highest BCUT2D eigenvalue weighted by atomic mass is 79.9. The number of carbonyl (C=O) groups excluding carboxylic acids is 2. The first-order valence-electron chi connectivity index (χ1n) is 7.79. The van der Waals surface area contributed by atoms with Gasteiger partial charge in [0.2, 0.25) is 5.91 Å². The van der Waals surface area contributed by atoms with E-state index in [1.807, 2.05) is 45.0 Å². The summed E-state index contributed by atoms with van der Waals surface area (Å²) in [5.41, 5.74) is 0.292. The van der Waals surface area contributed by atoms with Crippen molar-refractivity contribution in [1.82, 2.24) is 4.90 Å². The fourth-order valence-electron chi connectivity index (χ4n) is 2.43. The van der Waals surface area contributed by atoms with Crippen LogP contribution in [0.25, 0.3) is 0 Å². The number of hydrogen-bond acceptors (Lipinski definition) is 3. The van der Waals surface area contributed by atoms with Gasteiger partial charge in [0.05, 0.1) is 0 Å². The third-order valence-electron chi connectivity index (χ3n) is 3.63. The highest BCUT2D eigenvalue weighted by molar-refractivity contribution is 9.10. The van der Waals surface area contributed by atoms with Gasteiger partial charge < -0.3 is 15.0 Å². The Balaban J connectivity index is 1.83. The molecule has 0 spiro atoms. The number of piperidine rings is 1. The summed E-state index contributed by atoms with van der Waals surface area (Å²) in [6.07, 6.45) is 1.01. The molecule has 1 aromatic carbocycles. The number of rotatable bonds is 2. The molecule has 1 N–H and O–H groups in total. The predicted octanol–water partition coefficient (Wildman–Crippen LogP) is 4.03. The molecule has 6 heteroatoms. The lowest BCUT2D eigenvalue weighted by Gasteiger charge is -2.32. The number of nitrogens with zero attached hydrogens (tertiary/aromatic N) is 1. The highest BCUT2D eigenvalue weighted by Gasteiger charge is 2.29. The molecular weight excluding hydrogens is 360 g/mol. The average Bonchev–Trinajstić information content (AvgIpc) is 2.48. The van der Waals surface area contributed by atoms with Crippen LogP contribution in [-0.2, 0) is 9.53 Å². The van der Waals surface area contributed by atoms with Crippen molar-refractivity contribution in [1.29, 1.82) is 0 Å². The van der Waals surface area contributed by atoms with Gasteiger partial charge in [-0.05, 0) is 57.9 Å². The molecule has 0 radical (unpaired) electrons. The molecular formula is C17H23BrN2O3. The quantitative estimate of drug-likeness (QED) is 0.839. The standard InChI is InChI=1S/C17H23BrN2O3/c1-17(2,3)23-16(22)20-10-8-12(9-11-20)15(21)19-14-6-4-13(18)5-7-14/h4-7,12H,8-11H2,1-3H3,(H,19,21). The molecule has 0 aliphatic carbocycles. The van der Waals surface area contributed by atoms with Crippen LogP contribution in [0.1, 0.15) is 33.6 Å². The van der Waals surface area contributed by atoms with Crippen LogP contribution in [0.15, 0.2) is 28.7 Å². The molecule has 23 heavy (non-hydrogen) atoms. The number of anilines is 1. The van der Waals surface area contributed by atoms with Gasteiger partial charge in [0.1, 0.15) is 5.60 Å². The van der Waals surface area contributed by atoms with E-state index >= 15 is 0 Å². The van der Waals surface area contributed by atoms with Gasteiger partial charge in [-0.25, -0.2) is 4.79 Å². The summed E-state index contributed by atoms with van der Waals surface area (Å²) in [5, 5.41) is 2.93. The minimum Gasteiger partial charge on any atom is -0.444 e. The molecule has 1 heterocycles. The normalized spacial score (nSPS) is 16.1. The first-order valence-corrected chi connectivity index (χ1v) is 8.58. The van der Waals surface area contributed by atoms with Gasteiger partial charge in [0.15, 0.2) is 0 Å². The lowest BCUT2D eigenvalue weighted by atomic mass is 9.96. The third kappa shape index (κ3) is 5.53. The van der Waals surface area contributed by atoms with Crippen molar-refractivity contribution in [3.8, 4) is 0 Å². The van der Waals surface area contributed by atoms with E-state index < -0.39 is 5.60 Å². The summed E-state index contributed by atoms with van der Waals surface area (Å²) in [4.78, 5) is 26.0. The van der Waals surface area contributed by atoms with Crippen LogP contribution in [0, 0.1) is 5.92 Å². The third-order valence-corrected chi connectivity index (χ3v) is 4.16. The summed E-state index contributed by atoms with van der Waals surface area (Å²) >= 11 is 3.37. The molecule has 0 bridgehead atoms. The number of benzene rings is 1. The van der Waals surface area contributed by atoms with E-state index in [4.69, 9.17) is 4.74 Å². The van der Waals surface area contributed by atoms with Gasteiger partial charge in [0.25, 0.3) is 0 Å². The second kappa shape index (κ2) is 7.34. The fraction of sp³-hybridized carbons (Fsp3) is 0.529. The molecule has 126 valence electrons. The van der Waals surface area contributed by atoms with Crippen molar-refractivity contribution in [3.05, 3.63) is 28.7 Å². The highest BCUT2D eigenvalue weighted by Crippen LogP contribution is 2.22. The first kappa shape index (κ1) is 17.8. The van der Waals surface area contributed by atoms with Crippen LogP contribution in [0.5, 0.6) is 0 Å². The number of carbonyl (C=O) groups is 2. The first-order chi connectivity index (χ1) is 10.7. The molecule has 0 saturated carbocycles. The van der Waals surface area contributed by atoms with E-state index in [1.54, 1.807) is 4.90 Å². The largest absolute Gasteiger partial charge is 0.444 e. The Labute approximate surface area is 145 Å². The monoisotopic (exact) mass is 382 g/mol. The van der Waals surface area contributed by atoms with E-state index in [2.05, 4.69) is 21.2 Å². The lowest BCUT2D eigenvalue weighted by Crippen LogP contribution is -2.43. The van der Waals surface area contributed by atoms with Crippen LogP contribution in [0.4, 0.5) is 10.5 Å². The summed E-state index contributed by atoms with van der Waals surface area (Å²) in [7, 11) is 0. The second-order valence-corrected chi connectivity index (χ2v) is 7.65. The Morgan fingerprint density at radius 2 is 1.74 bits per heavy atom. The fourth-order valence-corrected chi connectivity index (χ4v) is 2.69. The topological polar surface area (TPSA) is 58.6 Å². The summed E-state index contributed by atoms with van der Waals surface area (Å²) in [6.45, 7) is 6.65. The van der Waals surface area contributed by atoms with Gasteiger partial charge in [-0.1, -0.05) is 15.9 Å². The zero-order valence-electron chi connectivity index (χ0n) is 13.8. The zero-order valence-corrected chi connectivity index (χ0v) is 15.4. The smallest absolute Gasteiger partial charge is 0.410 e. The van der Waals surface area contributed by atoms with Crippen LogP contribution in [-0.4, -0.2) is 35.6 Å². The van der Waals surface area contributed by atoms with Crippen molar-refractivity contribution in [2.45, 2.75) is 39.2 Å². The maximum Gasteiger partial charge on any atom is 0.410 e. The van der Waals surface area contributed by atoms with Crippen LogP contribution in [0.2, 0.25) is 0 Å². The summed E-state index contributed by atoms with van der Waals surface area (Å²) in [5.74, 6) is -0.0616. The Hall–Kier alpha value is -1.56. The molecule has 5 nitrogen and oxygen atoms in total. The minimum atomic E-state index is -0.493. The molecule has 1 fully saturated rings. The van der Waals surface area contributed by atoms with Crippen molar-refractivity contribution < 1.29 is 14.3 Å². The molecule has 2 amide bonds. The number of ether oxygens (including phenoxy) is 1. The Bertz CT molecular complexity index is 558. The van der Waals surface area contributed by atoms with Gasteiger partial charge in [0, 0.05) is 29.2 Å². The molecule has 2 rings (SSSR count). The average molecular weight is 383 g/mol. The molecule has 1 aromatic rings. The van der Waals surface area contributed by atoms with Gasteiger partial charge in [-0.3, -0.25) is 4.79 Å². The number of halogens is 1. The SMILES string of the molecule is CC(C)(C)OC(=O)N1CCC(C(=O)Nc2ccc(Br)cc2)CC1. The maximum atomic E-state index is 12.3. The van der Waals surface area contributed by atoms with E-state index in [1.165, 1.54) is 0 Å². The van der Waals surface area contributed by atoms with Gasteiger partial charge in [-0.15, -0.1) is 0 Å². The maximum absolute atomic E-state index is 12.3. The Morgan fingerprint density at radius 1 is 1.17 bits per heavy atom. The van der Waals surface area contributed by atoms with E-state index in [0.717, 1.165) is 10.2 Å². The van der Waals surface area contributed by atoms with E-state index in [9.17, 15) is 9.59 Å². The van der Waals surface area contributed by atoms with Gasteiger partial charge >= 0.3 is 6.09 Å². The summed E-state index contributed by atoms with van der Waals surface area (Å²) < 4.78 is 6.34. The van der Waals surface area contributed by atoms with Gasteiger partial charge in [-0.2, -0.15) is 0 Å². The van der Waals surface area contributed by atoms with E-state index in [-0.39, 0.29) is 17.9 Å². The molecule has 0 atom stereocenters. The molecule has 1 aliphatic heterocycles. The number of hydrogen-bond donors (Lipinski definition) is 1. The Morgan fingerprint density at radius 3 is 2.26 bits per heavy atom. The van der Waals surface area contributed by atoms with Crippen LogP contribution < -0.4 is 5.32 Å². The lowest BCUT2D eigenvalue weighted by molar-refractivity contribution is -0.121. The van der Waals surface area contributed by atoms with Crippen molar-refractivity contribution in [2.75, 3.05) is 18.4 Å². The van der Waals surface area contributed by atoms with Crippen molar-refractivity contribution in [3.63, 3.8) is 0 Å². The minimum absolute atomic E-state index is 0.0103. The molecule has 1 saturated heterocycles. The van der Waals surface area contributed by atoms with Crippen molar-refractivity contribution >= 4 is 33.6 Å². The number of likely N-dealkylation sites (tertiary alicyclic amines) is 1. The van der Waals surface area contributed by atoms with Crippen molar-refractivity contribution in [2.24, 2.45) is 5.92 Å². The second-order valence-electron chi connectivity index (χ2n) is 6.74. The molecule has 0 unspecified atom stereocenters. The number of nitrogens with one attached hydrogen (secondary N) is 1. The zero-order chi connectivity index (χ0) is 17.0. The number of amides is 2.